The molecule has 0 bridgehead atoms. The monoisotopic (exact) mass is 214 g/mol. The molecular formula is C12H26N2O. The van der Waals surface area contributed by atoms with Crippen LogP contribution in [0, 0.1) is 6.92 Å². The molecule has 0 aromatic carbocycles. The molecule has 0 spiro atoms. The van der Waals surface area contributed by atoms with Crippen LogP contribution < -0.4 is 5.69 Å². The molecule has 0 aliphatic rings. The van der Waals surface area contributed by atoms with Crippen molar-refractivity contribution in [1.29, 1.82) is 0 Å². The van der Waals surface area contributed by atoms with Gasteiger partial charge in [-0.3, -0.25) is 4.57 Å². The van der Waals surface area contributed by atoms with Gasteiger partial charge in [0.2, 0.25) is 0 Å². The fourth-order valence-corrected chi connectivity index (χ4v) is 1.94. The molecule has 1 aromatic rings. The van der Waals surface area contributed by atoms with E-state index in [-0.39, 0.29) is 7.12 Å². The third-order valence-corrected chi connectivity index (χ3v) is 2.53. The summed E-state index contributed by atoms with van der Waals surface area (Å²) in [5.74, 6) is 0.467. The Bertz CT molecular complexity index is 341. The number of hydrogen-bond acceptors (Lipinski definition) is 1. The Morgan fingerprint density at radius 2 is 2.00 bits per heavy atom. The van der Waals surface area contributed by atoms with Gasteiger partial charge in [0, 0.05) is 19.9 Å². The lowest BCUT2D eigenvalue weighted by atomic mass is 10.0. The maximum Gasteiger partial charge on any atom is 0.325 e. The van der Waals surface area contributed by atoms with E-state index in [4.69, 9.17) is 0 Å². The van der Waals surface area contributed by atoms with Crippen LogP contribution in [0.1, 0.15) is 59.3 Å². The molecule has 0 fully saturated rings. The third-order valence-electron chi connectivity index (χ3n) is 2.53. The number of imidazole rings is 1. The second kappa shape index (κ2) is 6.49. The molecule has 3 nitrogen and oxygen atoms in total. The highest BCUT2D eigenvalue weighted by Gasteiger charge is 2.13. The first-order valence-corrected chi connectivity index (χ1v) is 5.83. The van der Waals surface area contributed by atoms with Crippen molar-refractivity contribution < 1.29 is 1.43 Å². The summed E-state index contributed by atoms with van der Waals surface area (Å²) in [5.41, 5.74) is 2.15. The zero-order valence-corrected chi connectivity index (χ0v) is 10.8. The van der Waals surface area contributed by atoms with Crippen molar-refractivity contribution in [2.75, 3.05) is 0 Å². The Labute approximate surface area is 94.0 Å². The first-order valence-electron chi connectivity index (χ1n) is 5.83. The largest absolute Gasteiger partial charge is 0.325 e. The molecule has 1 unspecified atom stereocenters. The fraction of sp³-hybridized carbons (Fsp3) is 0.750. The minimum absolute atomic E-state index is 0. The Hall–Kier alpha value is -0.990. The van der Waals surface area contributed by atoms with Gasteiger partial charge in [0.15, 0.2) is 0 Å². The van der Waals surface area contributed by atoms with Crippen LogP contribution in [0.25, 0.3) is 0 Å². The van der Waals surface area contributed by atoms with Gasteiger partial charge in [-0.05, 0) is 19.3 Å². The summed E-state index contributed by atoms with van der Waals surface area (Å²) in [4.78, 5) is 14.1. The summed E-state index contributed by atoms with van der Waals surface area (Å²) >= 11 is 0. The molecule has 1 aromatic heterocycles. The van der Waals surface area contributed by atoms with Crippen molar-refractivity contribution in [2.45, 2.75) is 53.4 Å². The minimum Gasteiger partial charge on any atom is -0.310 e. The third kappa shape index (κ3) is 3.26. The lowest BCUT2D eigenvalue weighted by molar-refractivity contribution is 0.612. The number of nitrogens with zero attached hydrogens (tertiary/aromatic N) is 1. The molecule has 0 radical (unpaired) electrons. The number of H-pyrrole nitrogens is 1. The van der Waals surface area contributed by atoms with Crippen LogP contribution in [0.3, 0.4) is 0 Å². The lowest BCUT2D eigenvalue weighted by Gasteiger charge is -2.11. The molecule has 0 saturated heterocycles. The van der Waals surface area contributed by atoms with Crippen LogP contribution in [0.2, 0.25) is 0 Å². The highest BCUT2D eigenvalue weighted by atomic mass is 16.1. The number of aryl methyl sites for hydroxylation is 1. The van der Waals surface area contributed by atoms with E-state index >= 15 is 0 Å². The van der Waals surface area contributed by atoms with Crippen LogP contribution in [0.15, 0.2) is 4.79 Å². The molecule has 90 valence electrons. The molecule has 15 heavy (non-hydrogen) atoms. The van der Waals surface area contributed by atoms with E-state index in [1.807, 2.05) is 27.8 Å². The van der Waals surface area contributed by atoms with E-state index in [0.29, 0.717) is 5.92 Å². The first kappa shape index (κ1) is 14.0. The quantitative estimate of drug-likeness (QED) is 0.824. The summed E-state index contributed by atoms with van der Waals surface area (Å²) in [6.45, 7) is 10.3. The summed E-state index contributed by atoms with van der Waals surface area (Å²) in [6, 6.07) is 0. The van der Waals surface area contributed by atoms with E-state index in [9.17, 15) is 4.79 Å². The van der Waals surface area contributed by atoms with Crippen LogP contribution in [-0.2, 0) is 7.05 Å². The zero-order chi connectivity index (χ0) is 12.0. The van der Waals surface area contributed by atoms with Crippen molar-refractivity contribution >= 4 is 0 Å². The van der Waals surface area contributed by atoms with E-state index < -0.39 is 0 Å². The Balaban J connectivity index is 0. The second-order valence-corrected chi connectivity index (χ2v) is 3.69. The zero-order valence-electron chi connectivity index (χ0n) is 10.8. The van der Waals surface area contributed by atoms with Crippen molar-refractivity contribution in [2.24, 2.45) is 7.05 Å². The molecule has 1 atom stereocenters. The highest BCUT2D eigenvalue weighted by Crippen LogP contribution is 2.20. The van der Waals surface area contributed by atoms with Gasteiger partial charge in [0.1, 0.15) is 0 Å². The van der Waals surface area contributed by atoms with E-state index in [1.165, 1.54) is 0 Å². The van der Waals surface area contributed by atoms with Gasteiger partial charge in [-0.15, -0.1) is 0 Å². The first-order chi connectivity index (χ1) is 7.07. The second-order valence-electron chi connectivity index (χ2n) is 3.69. The lowest BCUT2D eigenvalue weighted by Crippen LogP contribution is -2.15. The fourth-order valence-electron chi connectivity index (χ4n) is 1.94. The van der Waals surface area contributed by atoms with Crippen LogP contribution in [-0.4, -0.2) is 9.55 Å². The van der Waals surface area contributed by atoms with E-state index in [1.54, 1.807) is 4.57 Å². The molecule has 0 aliphatic carbocycles. The van der Waals surface area contributed by atoms with Gasteiger partial charge in [-0.2, -0.15) is 0 Å². The molecule has 0 saturated carbocycles. The topological polar surface area (TPSA) is 37.8 Å². The normalized spacial score (nSPS) is 11.9. The van der Waals surface area contributed by atoms with Crippen molar-refractivity contribution in [3.05, 3.63) is 21.9 Å². The highest BCUT2D eigenvalue weighted by molar-refractivity contribution is 5.15. The minimum atomic E-state index is -0.00421. The SMILES string of the molecule is CC.CCCC(C)c1c(C)[nH]c(=O)n1C.[HH]. The van der Waals surface area contributed by atoms with E-state index in [0.717, 1.165) is 24.2 Å². The predicted octanol–water partition coefficient (Wildman–Crippen LogP) is 3.20. The Morgan fingerprint density at radius 1 is 1.47 bits per heavy atom. The average Bonchev–Trinajstić information content (AvgIpc) is 2.45. The standard InChI is InChI=1S/C10H18N2O.C2H6.H2/c1-5-6-7(2)9-8(3)11-10(13)12(9)4;1-2;/h7H,5-6H2,1-4H3,(H,11,13);1-2H3;1H. The van der Waals surface area contributed by atoms with Gasteiger partial charge in [-0.25, -0.2) is 4.79 Å². The summed E-state index contributed by atoms with van der Waals surface area (Å²) in [7, 11) is 1.83. The van der Waals surface area contributed by atoms with Gasteiger partial charge < -0.3 is 4.98 Å². The van der Waals surface area contributed by atoms with Crippen molar-refractivity contribution in [3.8, 4) is 0 Å². The number of aromatic nitrogens is 2. The Kier molecular flexibility index (Phi) is 6.06. The predicted molar refractivity (Wildman–Crippen MR) is 67.6 cm³/mol. The molecule has 0 amide bonds. The molecule has 3 heteroatoms. The molecule has 0 aliphatic heterocycles. The summed E-state index contributed by atoms with van der Waals surface area (Å²) < 4.78 is 1.72. The number of rotatable bonds is 3. The van der Waals surface area contributed by atoms with Crippen LogP contribution >= 0.6 is 0 Å². The molecule has 1 N–H and O–H groups in total. The summed E-state index contributed by atoms with van der Waals surface area (Å²) in [5, 5.41) is 0. The smallest absolute Gasteiger partial charge is 0.310 e. The van der Waals surface area contributed by atoms with Crippen molar-refractivity contribution in [1.82, 2.24) is 9.55 Å². The van der Waals surface area contributed by atoms with Gasteiger partial charge in [-0.1, -0.05) is 34.1 Å². The van der Waals surface area contributed by atoms with Gasteiger partial charge in [0.25, 0.3) is 0 Å². The molecular weight excluding hydrogens is 188 g/mol. The van der Waals surface area contributed by atoms with E-state index in [2.05, 4.69) is 18.8 Å². The van der Waals surface area contributed by atoms with Crippen LogP contribution in [0.5, 0.6) is 0 Å². The number of aromatic amines is 1. The van der Waals surface area contributed by atoms with Crippen LogP contribution in [0.4, 0.5) is 0 Å². The number of hydrogen-bond donors (Lipinski definition) is 1. The van der Waals surface area contributed by atoms with Gasteiger partial charge >= 0.3 is 5.69 Å². The number of nitrogens with one attached hydrogen (secondary N) is 1. The van der Waals surface area contributed by atoms with Gasteiger partial charge in [0.05, 0.1) is 0 Å². The maximum absolute atomic E-state index is 11.3. The molecule has 1 heterocycles. The molecule has 1 rings (SSSR count). The maximum atomic E-state index is 11.3. The van der Waals surface area contributed by atoms with Crippen molar-refractivity contribution in [3.63, 3.8) is 0 Å². The Morgan fingerprint density at radius 3 is 2.33 bits per heavy atom. The average molecular weight is 214 g/mol. The summed E-state index contributed by atoms with van der Waals surface area (Å²) in [6.07, 6.45) is 2.28.